The molecule has 3 aromatic rings. The van der Waals surface area contributed by atoms with Crippen LogP contribution in [0.1, 0.15) is 34.7 Å². The summed E-state index contributed by atoms with van der Waals surface area (Å²) in [5, 5.41) is 11.7. The molecule has 8 nitrogen and oxygen atoms in total. The number of nitrogens with one attached hydrogen (secondary N) is 2. The molecule has 0 aliphatic carbocycles. The Morgan fingerprint density at radius 3 is 2.12 bits per heavy atom. The number of carbonyl (C=O) groups excluding carboxylic acids is 1. The monoisotopic (exact) mass is 453 g/mol. The van der Waals surface area contributed by atoms with E-state index in [2.05, 4.69) is 15.0 Å². The zero-order chi connectivity index (χ0) is 23.3. The van der Waals surface area contributed by atoms with Crippen LogP contribution in [0.4, 0.5) is 5.69 Å². The minimum absolute atomic E-state index is 0.108. The number of hydrogen-bond acceptors (Lipinski definition) is 5. The molecule has 0 unspecified atom stereocenters. The molecular formula is C23H23N3O5S. The number of anilines is 1. The molecule has 0 aliphatic heterocycles. The summed E-state index contributed by atoms with van der Waals surface area (Å²) in [5.41, 5.74) is 1.80. The molecule has 32 heavy (non-hydrogen) atoms. The Bertz CT molecular complexity index is 1220. The van der Waals surface area contributed by atoms with Crippen LogP contribution >= 0.6 is 0 Å². The smallest absolute Gasteiger partial charge is 0.356 e. The van der Waals surface area contributed by atoms with Gasteiger partial charge in [-0.3, -0.25) is 4.79 Å². The van der Waals surface area contributed by atoms with Gasteiger partial charge in [-0.2, -0.15) is 0 Å². The van der Waals surface area contributed by atoms with Crippen molar-refractivity contribution in [1.82, 2.24) is 9.71 Å². The molecule has 0 fully saturated rings. The van der Waals surface area contributed by atoms with Gasteiger partial charge in [-0.15, -0.1) is 0 Å². The highest BCUT2D eigenvalue weighted by atomic mass is 32.2. The van der Waals surface area contributed by atoms with Crippen molar-refractivity contribution in [3.05, 3.63) is 78.1 Å². The fourth-order valence-electron chi connectivity index (χ4n) is 2.87. The van der Waals surface area contributed by atoms with E-state index in [-0.39, 0.29) is 22.2 Å². The second-order valence-electron chi connectivity index (χ2n) is 7.51. The lowest BCUT2D eigenvalue weighted by molar-refractivity contribution is 0.0691. The lowest BCUT2D eigenvalue weighted by Gasteiger charge is -2.10. The molecule has 9 heteroatoms. The van der Waals surface area contributed by atoms with Gasteiger partial charge >= 0.3 is 5.97 Å². The number of hydrogen-bond donors (Lipinski definition) is 3. The standard InChI is InChI=1S/C23H23N3O5S/c1-15(2)14-25-32(30,31)19-11-9-17(10-12-19)16-5-7-18(8-6-16)22(27)26-20-4-3-13-24-21(20)23(28)29/h3-13,15,25H,14H2,1-2H3,(H,26,27)(H,28,29). The number of benzene rings is 2. The molecule has 0 bridgehead atoms. The Kier molecular flexibility index (Phi) is 7.01. The molecule has 1 amide bonds. The molecule has 3 rings (SSSR count). The first-order chi connectivity index (χ1) is 15.2. The van der Waals surface area contributed by atoms with Crippen LogP contribution in [-0.2, 0) is 10.0 Å². The summed E-state index contributed by atoms with van der Waals surface area (Å²) in [5.74, 6) is -1.50. The maximum atomic E-state index is 12.5. The van der Waals surface area contributed by atoms with Crippen LogP contribution in [0.3, 0.4) is 0 Å². The molecule has 0 spiro atoms. The topological polar surface area (TPSA) is 125 Å². The highest BCUT2D eigenvalue weighted by Gasteiger charge is 2.16. The van der Waals surface area contributed by atoms with Crippen LogP contribution < -0.4 is 10.0 Å². The van der Waals surface area contributed by atoms with Crippen LogP contribution in [0.15, 0.2) is 71.8 Å². The first kappa shape index (κ1) is 23.1. The quantitative estimate of drug-likeness (QED) is 0.478. The van der Waals surface area contributed by atoms with Crippen molar-refractivity contribution in [3.63, 3.8) is 0 Å². The largest absolute Gasteiger partial charge is 0.476 e. The number of sulfonamides is 1. The number of aromatic carboxylic acids is 1. The number of amides is 1. The van der Waals surface area contributed by atoms with Gasteiger partial charge in [0.05, 0.1) is 10.6 Å². The summed E-state index contributed by atoms with van der Waals surface area (Å²) in [6.45, 7) is 4.22. The SMILES string of the molecule is CC(C)CNS(=O)(=O)c1ccc(-c2ccc(C(=O)Nc3cccnc3C(=O)O)cc2)cc1. The van der Waals surface area contributed by atoms with Gasteiger partial charge in [0.1, 0.15) is 0 Å². The maximum absolute atomic E-state index is 12.5. The number of aromatic nitrogens is 1. The van der Waals surface area contributed by atoms with E-state index in [9.17, 15) is 23.1 Å². The van der Waals surface area contributed by atoms with E-state index in [0.29, 0.717) is 12.1 Å². The fourth-order valence-corrected chi connectivity index (χ4v) is 4.09. The average Bonchev–Trinajstić information content (AvgIpc) is 2.78. The van der Waals surface area contributed by atoms with E-state index in [1.54, 1.807) is 36.4 Å². The Morgan fingerprint density at radius 2 is 1.56 bits per heavy atom. The lowest BCUT2D eigenvalue weighted by atomic mass is 10.0. The Morgan fingerprint density at radius 1 is 0.969 bits per heavy atom. The number of nitrogens with zero attached hydrogens (tertiary/aromatic N) is 1. The second-order valence-corrected chi connectivity index (χ2v) is 9.27. The molecule has 2 aromatic carbocycles. The van der Waals surface area contributed by atoms with E-state index in [0.717, 1.165) is 11.1 Å². The Balaban J connectivity index is 1.73. The molecule has 0 atom stereocenters. The minimum Gasteiger partial charge on any atom is -0.476 e. The predicted octanol–water partition coefficient (Wildman–Crippen LogP) is 3.63. The van der Waals surface area contributed by atoms with Crippen LogP contribution in [-0.4, -0.2) is 36.9 Å². The van der Waals surface area contributed by atoms with Crippen molar-refractivity contribution >= 4 is 27.6 Å². The Hall–Kier alpha value is -3.56. The third kappa shape index (κ3) is 5.57. The van der Waals surface area contributed by atoms with Crippen molar-refractivity contribution in [2.45, 2.75) is 18.7 Å². The van der Waals surface area contributed by atoms with Crippen molar-refractivity contribution in [2.75, 3.05) is 11.9 Å². The van der Waals surface area contributed by atoms with Gasteiger partial charge in [-0.25, -0.2) is 22.9 Å². The highest BCUT2D eigenvalue weighted by molar-refractivity contribution is 7.89. The van der Waals surface area contributed by atoms with Crippen LogP contribution in [0.25, 0.3) is 11.1 Å². The molecular weight excluding hydrogens is 430 g/mol. The molecule has 1 aromatic heterocycles. The fraction of sp³-hybridized carbons (Fsp3) is 0.174. The summed E-state index contributed by atoms with van der Waals surface area (Å²) in [6.07, 6.45) is 1.34. The first-order valence-electron chi connectivity index (χ1n) is 9.87. The van der Waals surface area contributed by atoms with Gasteiger partial charge in [-0.1, -0.05) is 38.1 Å². The third-order valence-corrected chi connectivity index (χ3v) is 6.02. The van der Waals surface area contributed by atoms with E-state index in [1.807, 2.05) is 13.8 Å². The third-order valence-electron chi connectivity index (χ3n) is 4.59. The maximum Gasteiger partial charge on any atom is 0.356 e. The molecule has 0 saturated carbocycles. The van der Waals surface area contributed by atoms with Gasteiger partial charge in [0.2, 0.25) is 10.0 Å². The van der Waals surface area contributed by atoms with Crippen LogP contribution in [0.2, 0.25) is 0 Å². The molecule has 0 saturated heterocycles. The summed E-state index contributed by atoms with van der Waals surface area (Å²) in [6, 6.07) is 16.2. The normalized spacial score (nSPS) is 11.3. The molecule has 166 valence electrons. The van der Waals surface area contributed by atoms with Crippen LogP contribution in [0.5, 0.6) is 0 Å². The number of rotatable bonds is 8. The van der Waals surface area contributed by atoms with Gasteiger partial charge in [0.25, 0.3) is 5.91 Å². The minimum atomic E-state index is -3.56. The average molecular weight is 454 g/mol. The molecule has 1 heterocycles. The van der Waals surface area contributed by atoms with Crippen molar-refractivity contribution in [2.24, 2.45) is 5.92 Å². The van der Waals surface area contributed by atoms with E-state index in [1.165, 1.54) is 30.5 Å². The van der Waals surface area contributed by atoms with Gasteiger partial charge in [-0.05, 0) is 53.4 Å². The number of carbonyl (C=O) groups is 2. The van der Waals surface area contributed by atoms with E-state index in [4.69, 9.17) is 0 Å². The second kappa shape index (κ2) is 9.71. The Labute approximate surface area is 186 Å². The van der Waals surface area contributed by atoms with Crippen LogP contribution in [0, 0.1) is 5.92 Å². The number of carboxylic acids is 1. The molecule has 0 aliphatic rings. The van der Waals surface area contributed by atoms with Crippen molar-refractivity contribution in [3.8, 4) is 11.1 Å². The van der Waals surface area contributed by atoms with Crippen molar-refractivity contribution < 1.29 is 23.1 Å². The number of carboxylic acid groups (broad SMARTS) is 1. The summed E-state index contributed by atoms with van der Waals surface area (Å²) >= 11 is 0. The lowest BCUT2D eigenvalue weighted by Crippen LogP contribution is -2.27. The van der Waals surface area contributed by atoms with Crippen molar-refractivity contribution in [1.29, 1.82) is 0 Å². The zero-order valence-corrected chi connectivity index (χ0v) is 18.4. The molecule has 0 radical (unpaired) electrons. The van der Waals surface area contributed by atoms with E-state index < -0.39 is 21.9 Å². The first-order valence-corrected chi connectivity index (χ1v) is 11.4. The summed E-state index contributed by atoms with van der Waals surface area (Å²) < 4.78 is 27.2. The van der Waals surface area contributed by atoms with Gasteiger partial charge < -0.3 is 10.4 Å². The highest BCUT2D eigenvalue weighted by Crippen LogP contribution is 2.22. The van der Waals surface area contributed by atoms with Gasteiger partial charge in [0.15, 0.2) is 5.69 Å². The summed E-state index contributed by atoms with van der Waals surface area (Å²) in [7, 11) is -3.56. The van der Waals surface area contributed by atoms with E-state index >= 15 is 0 Å². The zero-order valence-electron chi connectivity index (χ0n) is 17.6. The molecule has 3 N–H and O–H groups in total. The predicted molar refractivity (Wildman–Crippen MR) is 121 cm³/mol. The van der Waals surface area contributed by atoms with Gasteiger partial charge in [0, 0.05) is 18.3 Å². The number of pyridine rings is 1. The summed E-state index contributed by atoms with van der Waals surface area (Å²) in [4.78, 5) is 27.7.